The SMILES string of the molecule is COC(C)(C)CCn1ncc(CNC2CC2)c1C. The standard InChI is InChI=1S/C14H25N3O/c1-11-12(9-15-13-5-6-13)10-16-17(11)8-7-14(2,3)18-4/h10,13,15H,5-9H2,1-4H3. The van der Waals surface area contributed by atoms with Crippen LogP contribution in [-0.2, 0) is 17.8 Å². The van der Waals surface area contributed by atoms with Crippen LogP contribution in [0.2, 0.25) is 0 Å². The lowest BCUT2D eigenvalue weighted by Gasteiger charge is -2.22. The first kappa shape index (κ1) is 13.6. The summed E-state index contributed by atoms with van der Waals surface area (Å²) in [6, 6.07) is 0.750. The molecule has 1 aliphatic carbocycles. The van der Waals surface area contributed by atoms with Crippen LogP contribution in [0.1, 0.15) is 44.4 Å². The molecule has 0 aromatic carbocycles. The molecule has 0 spiro atoms. The van der Waals surface area contributed by atoms with Crippen molar-refractivity contribution in [2.45, 2.75) is 64.8 Å². The molecule has 0 amide bonds. The fourth-order valence-electron chi connectivity index (χ4n) is 1.90. The van der Waals surface area contributed by atoms with E-state index in [4.69, 9.17) is 4.74 Å². The molecule has 4 heteroatoms. The number of rotatable bonds is 7. The molecule has 2 rings (SSSR count). The van der Waals surface area contributed by atoms with Crippen LogP contribution in [-0.4, -0.2) is 28.5 Å². The number of hydrogen-bond donors (Lipinski definition) is 1. The summed E-state index contributed by atoms with van der Waals surface area (Å²) < 4.78 is 7.53. The van der Waals surface area contributed by atoms with Gasteiger partial charge in [-0.05, 0) is 40.0 Å². The Bertz CT molecular complexity index is 394. The molecule has 1 heterocycles. The second kappa shape index (κ2) is 5.41. The minimum Gasteiger partial charge on any atom is -0.379 e. The molecule has 0 saturated heterocycles. The summed E-state index contributed by atoms with van der Waals surface area (Å²) in [7, 11) is 1.76. The summed E-state index contributed by atoms with van der Waals surface area (Å²) in [6.45, 7) is 8.24. The van der Waals surface area contributed by atoms with Crippen molar-refractivity contribution in [3.8, 4) is 0 Å². The molecule has 0 unspecified atom stereocenters. The van der Waals surface area contributed by atoms with E-state index in [9.17, 15) is 0 Å². The molecule has 0 aliphatic heterocycles. The van der Waals surface area contributed by atoms with Crippen LogP contribution in [0.3, 0.4) is 0 Å². The zero-order valence-corrected chi connectivity index (χ0v) is 12.0. The molecular weight excluding hydrogens is 226 g/mol. The lowest BCUT2D eigenvalue weighted by Crippen LogP contribution is -2.25. The smallest absolute Gasteiger partial charge is 0.0640 e. The number of nitrogens with zero attached hydrogens (tertiary/aromatic N) is 2. The topological polar surface area (TPSA) is 39.1 Å². The van der Waals surface area contributed by atoms with Crippen molar-refractivity contribution in [1.29, 1.82) is 0 Å². The largest absolute Gasteiger partial charge is 0.379 e. The first-order chi connectivity index (χ1) is 8.52. The van der Waals surface area contributed by atoms with Gasteiger partial charge in [0.05, 0.1) is 11.8 Å². The van der Waals surface area contributed by atoms with Gasteiger partial charge in [-0.3, -0.25) is 4.68 Å². The number of nitrogens with one attached hydrogen (secondary N) is 1. The maximum absolute atomic E-state index is 5.44. The normalized spacial score (nSPS) is 16.2. The van der Waals surface area contributed by atoms with Gasteiger partial charge in [0, 0.05) is 37.5 Å². The monoisotopic (exact) mass is 251 g/mol. The molecule has 0 radical (unpaired) electrons. The first-order valence-corrected chi connectivity index (χ1v) is 6.81. The number of ether oxygens (including phenoxy) is 1. The number of methoxy groups -OCH3 is 1. The molecule has 1 aliphatic rings. The second-order valence-electron chi connectivity index (χ2n) is 5.85. The Labute approximate surface area is 110 Å². The maximum Gasteiger partial charge on any atom is 0.0640 e. The van der Waals surface area contributed by atoms with E-state index in [1.165, 1.54) is 24.1 Å². The van der Waals surface area contributed by atoms with E-state index < -0.39 is 0 Å². The third-order valence-electron chi connectivity index (χ3n) is 3.84. The molecule has 18 heavy (non-hydrogen) atoms. The highest BCUT2D eigenvalue weighted by Gasteiger charge is 2.21. The lowest BCUT2D eigenvalue weighted by atomic mass is 10.1. The molecule has 102 valence electrons. The average Bonchev–Trinajstić information content (AvgIpc) is 3.10. The Hall–Kier alpha value is -0.870. The molecule has 1 saturated carbocycles. The molecule has 1 aromatic rings. The number of aryl methyl sites for hydroxylation is 1. The van der Waals surface area contributed by atoms with Crippen molar-refractivity contribution >= 4 is 0 Å². The van der Waals surface area contributed by atoms with Gasteiger partial charge in [0.15, 0.2) is 0 Å². The maximum atomic E-state index is 5.44. The summed E-state index contributed by atoms with van der Waals surface area (Å²) >= 11 is 0. The van der Waals surface area contributed by atoms with Gasteiger partial charge in [-0.1, -0.05) is 0 Å². The van der Waals surface area contributed by atoms with Crippen LogP contribution in [0.25, 0.3) is 0 Å². The van der Waals surface area contributed by atoms with Crippen LogP contribution in [0.5, 0.6) is 0 Å². The Morgan fingerprint density at radius 3 is 2.83 bits per heavy atom. The van der Waals surface area contributed by atoms with Gasteiger partial charge >= 0.3 is 0 Å². The molecule has 1 fully saturated rings. The van der Waals surface area contributed by atoms with Crippen molar-refractivity contribution in [2.24, 2.45) is 0 Å². The Kier molecular flexibility index (Phi) is 4.07. The molecule has 1 aromatic heterocycles. The fourth-order valence-corrected chi connectivity index (χ4v) is 1.90. The fraction of sp³-hybridized carbons (Fsp3) is 0.786. The zero-order chi connectivity index (χ0) is 13.2. The minimum absolute atomic E-state index is 0.0786. The van der Waals surface area contributed by atoms with Gasteiger partial charge in [0.25, 0.3) is 0 Å². The highest BCUT2D eigenvalue weighted by Crippen LogP contribution is 2.20. The number of hydrogen-bond acceptors (Lipinski definition) is 3. The Morgan fingerprint density at radius 1 is 1.50 bits per heavy atom. The van der Waals surface area contributed by atoms with Crippen LogP contribution >= 0.6 is 0 Å². The summed E-state index contributed by atoms with van der Waals surface area (Å²) in [4.78, 5) is 0. The van der Waals surface area contributed by atoms with Gasteiger partial charge in [0.1, 0.15) is 0 Å². The lowest BCUT2D eigenvalue weighted by molar-refractivity contribution is 0.0112. The highest BCUT2D eigenvalue weighted by atomic mass is 16.5. The van der Waals surface area contributed by atoms with Crippen molar-refractivity contribution in [3.05, 3.63) is 17.5 Å². The van der Waals surface area contributed by atoms with E-state index in [-0.39, 0.29) is 5.60 Å². The van der Waals surface area contributed by atoms with E-state index in [2.05, 4.69) is 35.9 Å². The highest BCUT2D eigenvalue weighted by molar-refractivity contribution is 5.16. The van der Waals surface area contributed by atoms with Crippen LogP contribution in [0.4, 0.5) is 0 Å². The van der Waals surface area contributed by atoms with Crippen molar-refractivity contribution in [3.63, 3.8) is 0 Å². The van der Waals surface area contributed by atoms with Gasteiger partial charge < -0.3 is 10.1 Å². The summed E-state index contributed by atoms with van der Waals surface area (Å²) in [6.07, 6.45) is 5.62. The van der Waals surface area contributed by atoms with Crippen LogP contribution in [0.15, 0.2) is 6.20 Å². The van der Waals surface area contributed by atoms with E-state index in [1.54, 1.807) is 7.11 Å². The van der Waals surface area contributed by atoms with E-state index >= 15 is 0 Å². The molecule has 0 atom stereocenters. The van der Waals surface area contributed by atoms with Gasteiger partial charge in [-0.15, -0.1) is 0 Å². The van der Waals surface area contributed by atoms with Gasteiger partial charge in [0.2, 0.25) is 0 Å². The Balaban J connectivity index is 1.88. The van der Waals surface area contributed by atoms with E-state index in [1.807, 2.05) is 6.20 Å². The summed E-state index contributed by atoms with van der Waals surface area (Å²) in [5.41, 5.74) is 2.51. The number of aromatic nitrogens is 2. The zero-order valence-electron chi connectivity index (χ0n) is 12.0. The quantitative estimate of drug-likeness (QED) is 0.808. The van der Waals surface area contributed by atoms with Crippen LogP contribution in [0, 0.1) is 6.92 Å². The molecule has 1 N–H and O–H groups in total. The minimum atomic E-state index is -0.0786. The summed E-state index contributed by atoms with van der Waals surface area (Å²) in [5.74, 6) is 0. The van der Waals surface area contributed by atoms with Crippen molar-refractivity contribution in [2.75, 3.05) is 7.11 Å². The predicted molar refractivity (Wildman–Crippen MR) is 72.5 cm³/mol. The first-order valence-electron chi connectivity index (χ1n) is 6.81. The van der Waals surface area contributed by atoms with Crippen LogP contribution < -0.4 is 5.32 Å². The third kappa shape index (κ3) is 3.56. The van der Waals surface area contributed by atoms with E-state index in [0.29, 0.717) is 0 Å². The predicted octanol–water partition coefficient (Wildman–Crippen LogP) is 2.26. The third-order valence-corrected chi connectivity index (χ3v) is 3.84. The Morgan fingerprint density at radius 2 is 2.22 bits per heavy atom. The average molecular weight is 251 g/mol. The van der Waals surface area contributed by atoms with Crippen molar-refractivity contribution in [1.82, 2.24) is 15.1 Å². The van der Waals surface area contributed by atoms with Gasteiger partial charge in [-0.25, -0.2) is 0 Å². The summed E-state index contributed by atoms with van der Waals surface area (Å²) in [5, 5.41) is 8.01. The molecule has 4 nitrogen and oxygen atoms in total. The molecule has 0 bridgehead atoms. The second-order valence-corrected chi connectivity index (χ2v) is 5.85. The molecular formula is C14H25N3O. The van der Waals surface area contributed by atoms with E-state index in [0.717, 1.165) is 25.6 Å². The van der Waals surface area contributed by atoms with Crippen molar-refractivity contribution < 1.29 is 4.74 Å². The van der Waals surface area contributed by atoms with Gasteiger partial charge in [-0.2, -0.15) is 5.10 Å².